The fraction of sp³-hybridized carbons (Fsp3) is 0.462. The van der Waals surface area contributed by atoms with Crippen LogP contribution in [0.2, 0.25) is 0 Å². The van der Waals surface area contributed by atoms with E-state index in [4.69, 9.17) is 9.47 Å². The average Bonchev–Trinajstić information content (AvgIpc) is 2.28. The highest BCUT2D eigenvalue weighted by Crippen LogP contribution is 2.25. The lowest BCUT2D eigenvalue weighted by molar-refractivity contribution is -0.121. The quantitative estimate of drug-likeness (QED) is 0.767. The predicted molar refractivity (Wildman–Crippen MR) is 63.1 cm³/mol. The third-order valence-electron chi connectivity index (χ3n) is 2.50. The molecule has 1 aromatic carbocycles. The number of ketones is 1. The summed E-state index contributed by atoms with van der Waals surface area (Å²) in [6.45, 7) is 3.80. The Morgan fingerprint density at radius 3 is 2.44 bits per heavy atom. The van der Waals surface area contributed by atoms with Gasteiger partial charge in [-0.15, -0.1) is 0 Å². The fourth-order valence-electron chi connectivity index (χ4n) is 1.41. The van der Waals surface area contributed by atoms with Crippen molar-refractivity contribution in [2.75, 3.05) is 14.2 Å². The van der Waals surface area contributed by atoms with Crippen LogP contribution < -0.4 is 9.47 Å². The molecule has 0 aromatic heterocycles. The minimum Gasteiger partial charge on any atom is -0.497 e. The van der Waals surface area contributed by atoms with Crippen LogP contribution in [-0.4, -0.2) is 20.0 Å². The number of carbonyl (C=O) groups is 1. The third-order valence-corrected chi connectivity index (χ3v) is 2.50. The molecule has 0 atom stereocenters. The standard InChI is InChI=1S/C13H18O3/c1-9(2)12(14)8-10-7-11(15-3)5-6-13(10)16-4/h5-7,9H,8H2,1-4H3. The van der Waals surface area contributed by atoms with Gasteiger partial charge in [0.25, 0.3) is 0 Å². The van der Waals surface area contributed by atoms with E-state index in [1.165, 1.54) is 0 Å². The van der Waals surface area contributed by atoms with E-state index in [0.717, 1.165) is 17.1 Å². The Labute approximate surface area is 96.4 Å². The first kappa shape index (κ1) is 12.6. The van der Waals surface area contributed by atoms with Gasteiger partial charge in [0, 0.05) is 17.9 Å². The minimum atomic E-state index is 0.0379. The fourth-order valence-corrected chi connectivity index (χ4v) is 1.41. The van der Waals surface area contributed by atoms with Gasteiger partial charge in [0.15, 0.2) is 0 Å². The number of Topliss-reactive ketones (excluding diaryl/α,β-unsaturated/α-hetero) is 1. The maximum absolute atomic E-state index is 11.7. The predicted octanol–water partition coefficient (Wildman–Crippen LogP) is 2.47. The molecule has 3 heteroatoms. The summed E-state index contributed by atoms with van der Waals surface area (Å²) in [6.07, 6.45) is 0.387. The van der Waals surface area contributed by atoms with Crippen molar-refractivity contribution in [2.24, 2.45) is 5.92 Å². The first-order chi connectivity index (χ1) is 7.58. The summed E-state index contributed by atoms with van der Waals surface area (Å²) in [5.41, 5.74) is 0.876. The summed E-state index contributed by atoms with van der Waals surface area (Å²) in [5, 5.41) is 0. The van der Waals surface area contributed by atoms with Crippen LogP contribution in [-0.2, 0) is 11.2 Å². The van der Waals surface area contributed by atoms with E-state index in [0.29, 0.717) is 6.42 Å². The van der Waals surface area contributed by atoms with Crippen molar-refractivity contribution in [3.05, 3.63) is 23.8 Å². The van der Waals surface area contributed by atoms with Gasteiger partial charge in [-0.1, -0.05) is 13.8 Å². The molecule has 0 fully saturated rings. The van der Waals surface area contributed by atoms with Crippen LogP contribution in [0.4, 0.5) is 0 Å². The summed E-state index contributed by atoms with van der Waals surface area (Å²) in [5.74, 6) is 1.71. The van der Waals surface area contributed by atoms with E-state index < -0.39 is 0 Å². The zero-order valence-corrected chi connectivity index (χ0v) is 10.2. The lowest BCUT2D eigenvalue weighted by Crippen LogP contribution is -2.11. The van der Waals surface area contributed by atoms with E-state index >= 15 is 0 Å². The Balaban J connectivity index is 2.95. The summed E-state index contributed by atoms with van der Waals surface area (Å²) in [7, 11) is 3.21. The molecule has 0 amide bonds. The second-order valence-electron chi connectivity index (χ2n) is 3.98. The maximum Gasteiger partial charge on any atom is 0.139 e. The first-order valence-electron chi connectivity index (χ1n) is 5.32. The van der Waals surface area contributed by atoms with Crippen LogP contribution in [0.1, 0.15) is 19.4 Å². The van der Waals surface area contributed by atoms with Crippen LogP contribution >= 0.6 is 0 Å². The first-order valence-corrected chi connectivity index (χ1v) is 5.32. The molecule has 0 unspecified atom stereocenters. The molecule has 3 nitrogen and oxygen atoms in total. The van der Waals surface area contributed by atoms with Crippen molar-refractivity contribution in [3.63, 3.8) is 0 Å². The van der Waals surface area contributed by atoms with Gasteiger partial charge in [-0.3, -0.25) is 4.79 Å². The molecule has 0 heterocycles. The SMILES string of the molecule is COc1ccc(OC)c(CC(=O)C(C)C)c1. The van der Waals surface area contributed by atoms with Gasteiger partial charge in [0.05, 0.1) is 14.2 Å². The summed E-state index contributed by atoms with van der Waals surface area (Å²) in [4.78, 5) is 11.7. The van der Waals surface area contributed by atoms with Crippen molar-refractivity contribution < 1.29 is 14.3 Å². The van der Waals surface area contributed by atoms with Crippen molar-refractivity contribution in [1.82, 2.24) is 0 Å². The third kappa shape index (κ3) is 2.99. The largest absolute Gasteiger partial charge is 0.497 e. The lowest BCUT2D eigenvalue weighted by Gasteiger charge is -2.11. The number of hydrogen-bond acceptors (Lipinski definition) is 3. The van der Waals surface area contributed by atoms with E-state index in [2.05, 4.69) is 0 Å². The highest BCUT2D eigenvalue weighted by atomic mass is 16.5. The molecule has 88 valence electrons. The van der Waals surface area contributed by atoms with E-state index in [-0.39, 0.29) is 11.7 Å². The second kappa shape index (κ2) is 5.54. The maximum atomic E-state index is 11.7. The van der Waals surface area contributed by atoms with Gasteiger partial charge in [-0.2, -0.15) is 0 Å². The van der Waals surface area contributed by atoms with Gasteiger partial charge >= 0.3 is 0 Å². The van der Waals surface area contributed by atoms with Crippen molar-refractivity contribution in [3.8, 4) is 11.5 Å². The minimum absolute atomic E-state index is 0.0379. The highest BCUT2D eigenvalue weighted by Gasteiger charge is 2.12. The molecule has 1 rings (SSSR count). The molecular weight excluding hydrogens is 204 g/mol. The number of methoxy groups -OCH3 is 2. The average molecular weight is 222 g/mol. The Bertz CT molecular complexity index is 369. The molecule has 0 radical (unpaired) electrons. The zero-order valence-electron chi connectivity index (χ0n) is 10.2. The second-order valence-corrected chi connectivity index (χ2v) is 3.98. The van der Waals surface area contributed by atoms with Crippen molar-refractivity contribution in [1.29, 1.82) is 0 Å². The van der Waals surface area contributed by atoms with Gasteiger partial charge in [-0.05, 0) is 18.2 Å². The molecule has 0 N–H and O–H groups in total. The molecular formula is C13H18O3. The van der Waals surface area contributed by atoms with E-state index in [1.54, 1.807) is 14.2 Å². The van der Waals surface area contributed by atoms with Crippen LogP contribution in [0.25, 0.3) is 0 Å². The smallest absolute Gasteiger partial charge is 0.139 e. The Morgan fingerprint density at radius 1 is 1.25 bits per heavy atom. The molecule has 1 aromatic rings. The number of hydrogen-bond donors (Lipinski definition) is 0. The Hall–Kier alpha value is -1.51. The van der Waals surface area contributed by atoms with E-state index in [9.17, 15) is 4.79 Å². The molecule has 0 aliphatic carbocycles. The summed E-state index contributed by atoms with van der Waals surface area (Å²) in [6, 6.07) is 5.49. The topological polar surface area (TPSA) is 35.5 Å². The molecule has 0 bridgehead atoms. The van der Waals surface area contributed by atoms with Gasteiger partial charge in [0.2, 0.25) is 0 Å². The summed E-state index contributed by atoms with van der Waals surface area (Å²) >= 11 is 0. The lowest BCUT2D eigenvalue weighted by atomic mass is 10.0. The van der Waals surface area contributed by atoms with Crippen molar-refractivity contribution in [2.45, 2.75) is 20.3 Å². The molecule has 0 spiro atoms. The van der Waals surface area contributed by atoms with E-state index in [1.807, 2.05) is 32.0 Å². The zero-order chi connectivity index (χ0) is 12.1. The van der Waals surface area contributed by atoms with Gasteiger partial charge in [-0.25, -0.2) is 0 Å². The molecule has 16 heavy (non-hydrogen) atoms. The Kier molecular flexibility index (Phi) is 4.35. The normalized spacial score (nSPS) is 10.3. The summed E-state index contributed by atoms with van der Waals surface area (Å²) < 4.78 is 10.3. The number of carbonyl (C=O) groups excluding carboxylic acids is 1. The Morgan fingerprint density at radius 2 is 1.94 bits per heavy atom. The van der Waals surface area contributed by atoms with Gasteiger partial charge < -0.3 is 9.47 Å². The van der Waals surface area contributed by atoms with Crippen LogP contribution in [0.15, 0.2) is 18.2 Å². The molecule has 0 saturated carbocycles. The van der Waals surface area contributed by atoms with Crippen LogP contribution in [0, 0.1) is 5.92 Å². The molecule has 0 aliphatic heterocycles. The molecule has 0 saturated heterocycles. The monoisotopic (exact) mass is 222 g/mol. The van der Waals surface area contributed by atoms with Crippen LogP contribution in [0.3, 0.4) is 0 Å². The number of ether oxygens (including phenoxy) is 2. The number of rotatable bonds is 5. The van der Waals surface area contributed by atoms with Crippen molar-refractivity contribution >= 4 is 5.78 Å². The highest BCUT2D eigenvalue weighted by molar-refractivity contribution is 5.83. The van der Waals surface area contributed by atoms with Gasteiger partial charge in [0.1, 0.15) is 17.3 Å². The van der Waals surface area contributed by atoms with Crippen LogP contribution in [0.5, 0.6) is 11.5 Å². The molecule has 0 aliphatic rings. The number of benzene rings is 1.